The molecule has 0 saturated carbocycles. The monoisotopic (exact) mass is 487 g/mol. The largest absolute Gasteiger partial charge is 0.346 e. The maximum Gasteiger partial charge on any atom is 0.251 e. The summed E-state index contributed by atoms with van der Waals surface area (Å²) >= 11 is 0. The highest BCUT2D eigenvalue weighted by atomic mass is 32.2. The summed E-state index contributed by atoms with van der Waals surface area (Å²) in [7, 11) is -3.63. The number of aromatic nitrogens is 3. The normalized spacial score (nSPS) is 12.3. The lowest BCUT2D eigenvalue weighted by atomic mass is 10.1. The van der Waals surface area contributed by atoms with Gasteiger partial charge < -0.3 is 5.32 Å². The average molecular weight is 488 g/mol. The molecule has 0 radical (unpaired) electrons. The topological polar surface area (TPSA) is 114 Å². The Kier molecular flexibility index (Phi) is 7.45. The van der Waals surface area contributed by atoms with Crippen LogP contribution in [0.5, 0.6) is 0 Å². The van der Waals surface area contributed by atoms with E-state index in [9.17, 15) is 22.4 Å². The molecule has 0 aliphatic rings. The molecule has 0 fully saturated rings. The van der Waals surface area contributed by atoms with Crippen molar-refractivity contribution in [3.63, 3.8) is 0 Å². The first-order valence-electron chi connectivity index (χ1n) is 10.6. The summed E-state index contributed by atoms with van der Waals surface area (Å²) in [6.45, 7) is 5.17. The first kappa shape index (κ1) is 25.0. The molecule has 34 heavy (non-hydrogen) atoms. The van der Waals surface area contributed by atoms with Crippen molar-refractivity contribution in [1.82, 2.24) is 20.3 Å². The predicted octanol–water partition coefficient (Wildman–Crippen LogP) is 3.28. The number of amides is 1. The van der Waals surface area contributed by atoms with Crippen molar-refractivity contribution >= 4 is 27.4 Å². The molecule has 3 rings (SSSR count). The number of nitrogens with one attached hydrogen (secondary N) is 1. The lowest BCUT2D eigenvalue weighted by molar-refractivity contribution is 0.0939. The maximum atomic E-state index is 13.2. The molecule has 0 aliphatic carbocycles. The minimum atomic E-state index is -3.63. The van der Waals surface area contributed by atoms with Crippen molar-refractivity contribution in [3.8, 4) is 5.69 Å². The smallest absolute Gasteiger partial charge is 0.251 e. The zero-order valence-corrected chi connectivity index (χ0v) is 20.1. The van der Waals surface area contributed by atoms with Crippen molar-refractivity contribution in [2.75, 3.05) is 17.1 Å². The van der Waals surface area contributed by atoms with Crippen molar-refractivity contribution in [2.45, 2.75) is 33.2 Å². The lowest BCUT2D eigenvalue weighted by Gasteiger charge is -2.23. The van der Waals surface area contributed by atoms with E-state index in [-0.39, 0.29) is 35.1 Å². The van der Waals surface area contributed by atoms with Gasteiger partial charge >= 0.3 is 0 Å². The number of hydrogen-bond acceptors (Lipinski definition) is 6. The number of benzene rings is 2. The van der Waals surface area contributed by atoms with Crippen LogP contribution in [0.15, 0.2) is 48.7 Å². The van der Waals surface area contributed by atoms with Crippen LogP contribution in [0.25, 0.3) is 5.69 Å². The van der Waals surface area contributed by atoms with E-state index in [4.69, 9.17) is 0 Å². The van der Waals surface area contributed by atoms with E-state index in [0.717, 1.165) is 6.26 Å². The van der Waals surface area contributed by atoms with Gasteiger partial charge in [0.15, 0.2) is 5.78 Å². The molecule has 0 saturated heterocycles. The molecular weight excluding hydrogens is 461 g/mol. The van der Waals surface area contributed by atoms with Crippen LogP contribution in [-0.4, -0.2) is 47.9 Å². The van der Waals surface area contributed by atoms with Crippen LogP contribution < -0.4 is 9.62 Å². The fourth-order valence-electron chi connectivity index (χ4n) is 3.36. The van der Waals surface area contributed by atoms with Crippen molar-refractivity contribution in [1.29, 1.82) is 0 Å². The Morgan fingerprint density at radius 3 is 2.41 bits per heavy atom. The molecule has 1 amide bonds. The molecule has 1 aromatic heterocycles. The van der Waals surface area contributed by atoms with E-state index in [1.807, 2.05) is 6.92 Å². The van der Waals surface area contributed by atoms with Gasteiger partial charge in [-0.15, -0.1) is 5.10 Å². The molecule has 11 heteroatoms. The zero-order valence-electron chi connectivity index (χ0n) is 19.3. The third-order valence-corrected chi connectivity index (χ3v) is 6.31. The third-order valence-electron chi connectivity index (χ3n) is 5.12. The SMILES string of the molecule is CCCN(c1cc(C(=O)NC(C)c2ccc(F)cc2)cc(-n2cc(C(C)=O)nn2)c1)S(C)(=O)=O. The predicted molar refractivity (Wildman–Crippen MR) is 126 cm³/mol. The zero-order chi connectivity index (χ0) is 25.0. The summed E-state index contributed by atoms with van der Waals surface area (Å²) in [6.07, 6.45) is 3.06. The summed E-state index contributed by atoms with van der Waals surface area (Å²) in [4.78, 5) is 24.8. The lowest BCUT2D eigenvalue weighted by Crippen LogP contribution is -2.31. The number of halogens is 1. The van der Waals surface area contributed by atoms with Gasteiger partial charge in [-0.05, 0) is 49.2 Å². The summed E-state index contributed by atoms with van der Waals surface area (Å²) in [5.74, 6) is -1.12. The van der Waals surface area contributed by atoms with Gasteiger partial charge in [-0.25, -0.2) is 17.5 Å². The molecule has 0 bridgehead atoms. The molecule has 9 nitrogen and oxygen atoms in total. The number of Topliss-reactive ketones (excluding diaryl/α,β-unsaturated/α-hetero) is 1. The fourth-order valence-corrected chi connectivity index (χ4v) is 4.36. The quantitative estimate of drug-likeness (QED) is 0.464. The van der Waals surface area contributed by atoms with Gasteiger partial charge in [0, 0.05) is 19.0 Å². The molecule has 180 valence electrons. The molecule has 2 aromatic carbocycles. The fraction of sp³-hybridized carbons (Fsp3) is 0.304. The van der Waals surface area contributed by atoms with Gasteiger partial charge in [-0.1, -0.05) is 24.3 Å². The first-order valence-corrected chi connectivity index (χ1v) is 12.5. The number of ketones is 1. The summed E-state index contributed by atoms with van der Waals surface area (Å²) in [6, 6.07) is 9.91. The van der Waals surface area contributed by atoms with Crippen molar-refractivity contribution < 1.29 is 22.4 Å². The Morgan fingerprint density at radius 2 is 1.85 bits per heavy atom. The molecular formula is C23H26FN5O4S. The number of nitrogens with zero attached hydrogens (tertiary/aromatic N) is 4. The second-order valence-electron chi connectivity index (χ2n) is 7.92. The minimum Gasteiger partial charge on any atom is -0.346 e. The van der Waals surface area contributed by atoms with Crippen LogP contribution >= 0.6 is 0 Å². The molecule has 1 N–H and O–H groups in total. The van der Waals surface area contributed by atoms with E-state index >= 15 is 0 Å². The highest BCUT2D eigenvalue weighted by Crippen LogP contribution is 2.25. The Morgan fingerprint density at radius 1 is 1.18 bits per heavy atom. The van der Waals surface area contributed by atoms with E-state index in [2.05, 4.69) is 15.6 Å². The van der Waals surface area contributed by atoms with Crippen LogP contribution in [0.2, 0.25) is 0 Å². The van der Waals surface area contributed by atoms with Crippen LogP contribution in [0.1, 0.15) is 59.6 Å². The Balaban J connectivity index is 2.04. The number of sulfonamides is 1. The number of hydrogen-bond donors (Lipinski definition) is 1. The van der Waals surface area contributed by atoms with Crippen LogP contribution in [-0.2, 0) is 10.0 Å². The highest BCUT2D eigenvalue weighted by Gasteiger charge is 2.21. The van der Waals surface area contributed by atoms with Gasteiger partial charge in [0.05, 0.1) is 29.9 Å². The minimum absolute atomic E-state index is 0.134. The second kappa shape index (κ2) is 10.1. The van der Waals surface area contributed by atoms with Crippen molar-refractivity contribution in [2.24, 2.45) is 0 Å². The van der Waals surface area contributed by atoms with E-state index in [1.165, 1.54) is 46.4 Å². The number of anilines is 1. The standard InChI is InChI=1S/C23H26FN5O4S/c1-5-10-29(34(4,32)33)21-12-18(11-20(13-21)28-14-22(16(3)30)26-27-28)23(31)25-15(2)17-6-8-19(24)9-7-17/h6-9,11-15H,5,10H2,1-4H3,(H,25,31). The summed E-state index contributed by atoms with van der Waals surface area (Å²) < 4.78 is 40.7. The van der Waals surface area contributed by atoms with Gasteiger partial charge in [-0.3, -0.25) is 13.9 Å². The van der Waals surface area contributed by atoms with Gasteiger partial charge in [0.2, 0.25) is 10.0 Å². The third kappa shape index (κ3) is 5.84. The Hall–Kier alpha value is -3.60. The summed E-state index contributed by atoms with van der Waals surface area (Å²) in [5.41, 5.74) is 1.67. The molecule has 1 heterocycles. The Labute approximate surface area is 197 Å². The number of carbonyl (C=O) groups excluding carboxylic acids is 2. The average Bonchev–Trinajstić information content (AvgIpc) is 3.27. The van der Waals surface area contributed by atoms with E-state index in [1.54, 1.807) is 25.1 Å². The second-order valence-corrected chi connectivity index (χ2v) is 9.83. The molecule has 1 unspecified atom stereocenters. The molecule has 0 aliphatic heterocycles. The number of rotatable bonds is 9. The van der Waals surface area contributed by atoms with E-state index < -0.39 is 22.0 Å². The van der Waals surface area contributed by atoms with Crippen LogP contribution in [0.4, 0.5) is 10.1 Å². The van der Waals surface area contributed by atoms with Crippen LogP contribution in [0, 0.1) is 5.82 Å². The number of carbonyl (C=O) groups is 2. The van der Waals surface area contributed by atoms with Gasteiger partial charge in [0.25, 0.3) is 5.91 Å². The van der Waals surface area contributed by atoms with Gasteiger partial charge in [-0.2, -0.15) is 0 Å². The Bertz CT molecular complexity index is 1310. The summed E-state index contributed by atoms with van der Waals surface area (Å²) in [5, 5.41) is 10.6. The molecule has 1 atom stereocenters. The highest BCUT2D eigenvalue weighted by molar-refractivity contribution is 7.92. The molecule has 0 spiro atoms. The first-order chi connectivity index (χ1) is 16.0. The maximum absolute atomic E-state index is 13.2. The molecule has 3 aromatic rings. The van der Waals surface area contributed by atoms with E-state index in [0.29, 0.717) is 17.7 Å². The van der Waals surface area contributed by atoms with Crippen LogP contribution in [0.3, 0.4) is 0 Å². The van der Waals surface area contributed by atoms with Gasteiger partial charge in [0.1, 0.15) is 11.5 Å². The van der Waals surface area contributed by atoms with Crippen molar-refractivity contribution in [3.05, 3.63) is 71.3 Å².